The number of aliphatic carboxylic acids is 1. The molecule has 0 heterocycles. The van der Waals surface area contributed by atoms with Gasteiger partial charge in [0, 0.05) is 6.21 Å². The highest BCUT2D eigenvalue weighted by Gasteiger charge is 1.89. The average Bonchev–Trinajstić information content (AvgIpc) is 2.38. The lowest BCUT2D eigenvalue weighted by Crippen LogP contribution is -1.99. The number of allylic oxidation sites excluding steroid dienone is 10. The third-order valence-corrected chi connectivity index (χ3v) is 2.17. The van der Waals surface area contributed by atoms with E-state index in [1.807, 2.05) is 50.3 Å². The zero-order valence-electron chi connectivity index (χ0n) is 12.0. The number of rotatable bonds is 8. The number of nitrogens with zero attached hydrogens (tertiary/aromatic N) is 1. The molecule has 0 aliphatic heterocycles. The molecule has 3 heteroatoms. The maximum atomic E-state index is 10.3. The van der Waals surface area contributed by atoms with Crippen LogP contribution in [0.1, 0.15) is 13.8 Å². The van der Waals surface area contributed by atoms with E-state index in [-0.39, 0.29) is 6.54 Å². The summed E-state index contributed by atoms with van der Waals surface area (Å²) >= 11 is 0. The molecule has 106 valence electrons. The first kappa shape index (κ1) is 17.6. The Labute approximate surface area is 120 Å². The first-order valence-corrected chi connectivity index (χ1v) is 6.18. The van der Waals surface area contributed by atoms with Crippen LogP contribution in [0.5, 0.6) is 0 Å². The average molecular weight is 271 g/mol. The maximum absolute atomic E-state index is 10.3. The Morgan fingerprint density at radius 2 is 1.75 bits per heavy atom. The molecule has 0 aliphatic carbocycles. The normalized spacial score (nSPS) is 13.5. The van der Waals surface area contributed by atoms with Gasteiger partial charge in [0.2, 0.25) is 0 Å². The van der Waals surface area contributed by atoms with Gasteiger partial charge in [-0.2, -0.15) is 0 Å². The summed E-state index contributed by atoms with van der Waals surface area (Å²) in [5.41, 5.74) is 2.85. The molecule has 0 aromatic carbocycles. The molecular formula is C17H21NO2. The smallest absolute Gasteiger partial charge is 0.325 e. The summed E-state index contributed by atoms with van der Waals surface area (Å²) in [6.07, 6.45) is 14.7. The zero-order chi connectivity index (χ0) is 15.4. The first-order chi connectivity index (χ1) is 9.45. The number of carboxylic acids is 1. The van der Waals surface area contributed by atoms with Crippen molar-refractivity contribution in [3.8, 4) is 0 Å². The van der Waals surface area contributed by atoms with E-state index in [0.29, 0.717) is 0 Å². The minimum Gasteiger partial charge on any atom is -0.480 e. The number of aliphatic imine (C=N–C) groups is 1. The van der Waals surface area contributed by atoms with E-state index >= 15 is 0 Å². The van der Waals surface area contributed by atoms with Crippen LogP contribution in [0.3, 0.4) is 0 Å². The Morgan fingerprint density at radius 3 is 2.35 bits per heavy atom. The molecule has 0 rings (SSSR count). The fourth-order valence-electron chi connectivity index (χ4n) is 1.11. The Morgan fingerprint density at radius 1 is 1.15 bits per heavy atom. The predicted molar refractivity (Wildman–Crippen MR) is 86.1 cm³/mol. The van der Waals surface area contributed by atoms with Crippen molar-refractivity contribution in [2.45, 2.75) is 13.8 Å². The summed E-state index contributed by atoms with van der Waals surface area (Å²) in [4.78, 5) is 14.1. The molecule has 0 spiro atoms. The fourth-order valence-corrected chi connectivity index (χ4v) is 1.11. The highest BCUT2D eigenvalue weighted by atomic mass is 16.4. The molecule has 0 fully saturated rings. The van der Waals surface area contributed by atoms with Gasteiger partial charge in [-0.1, -0.05) is 61.3 Å². The van der Waals surface area contributed by atoms with Crippen molar-refractivity contribution in [1.29, 1.82) is 0 Å². The molecule has 0 saturated heterocycles. The fraction of sp³-hybridized carbons (Fsp3) is 0.176. The van der Waals surface area contributed by atoms with Crippen LogP contribution in [-0.4, -0.2) is 23.8 Å². The second-order valence-corrected chi connectivity index (χ2v) is 4.18. The number of hydrogen-bond donors (Lipinski definition) is 1. The van der Waals surface area contributed by atoms with Crippen molar-refractivity contribution in [2.75, 3.05) is 6.54 Å². The molecule has 0 bridgehead atoms. The van der Waals surface area contributed by atoms with Crippen molar-refractivity contribution >= 4 is 12.2 Å². The lowest BCUT2D eigenvalue weighted by molar-refractivity contribution is -0.135. The Bertz CT molecular complexity index is 503. The van der Waals surface area contributed by atoms with Gasteiger partial charge in [-0.3, -0.25) is 9.79 Å². The zero-order valence-corrected chi connectivity index (χ0v) is 12.0. The third kappa shape index (κ3) is 10.7. The van der Waals surface area contributed by atoms with E-state index in [1.54, 1.807) is 12.3 Å². The van der Waals surface area contributed by atoms with Crippen LogP contribution in [-0.2, 0) is 4.79 Å². The molecular weight excluding hydrogens is 250 g/mol. The molecule has 0 atom stereocenters. The second-order valence-electron chi connectivity index (χ2n) is 4.18. The minimum atomic E-state index is -0.934. The van der Waals surface area contributed by atoms with Crippen molar-refractivity contribution in [1.82, 2.24) is 0 Å². The van der Waals surface area contributed by atoms with Crippen LogP contribution in [0, 0.1) is 0 Å². The molecule has 0 amide bonds. The van der Waals surface area contributed by atoms with Crippen molar-refractivity contribution < 1.29 is 9.90 Å². The van der Waals surface area contributed by atoms with Crippen molar-refractivity contribution in [3.63, 3.8) is 0 Å². The van der Waals surface area contributed by atoms with Crippen molar-refractivity contribution in [2.24, 2.45) is 4.99 Å². The summed E-state index contributed by atoms with van der Waals surface area (Å²) in [7, 11) is 0. The Balaban J connectivity index is 4.41. The molecule has 0 unspecified atom stereocenters. The van der Waals surface area contributed by atoms with E-state index in [1.165, 1.54) is 0 Å². The van der Waals surface area contributed by atoms with E-state index in [2.05, 4.69) is 18.2 Å². The molecule has 0 aromatic rings. The molecule has 0 radical (unpaired) electrons. The molecule has 20 heavy (non-hydrogen) atoms. The van der Waals surface area contributed by atoms with E-state index in [0.717, 1.165) is 16.7 Å². The van der Waals surface area contributed by atoms with Crippen LogP contribution in [0.25, 0.3) is 0 Å². The number of carboxylic acid groups (broad SMARTS) is 1. The van der Waals surface area contributed by atoms with Crippen LogP contribution in [0.2, 0.25) is 0 Å². The standard InChI is InChI=1S/C17H21NO2/c1-5-14(2)8-6-9-15(3)10-7-11-16(4)12-18-13-17(19)20/h5-12H,1-2,13H2,3-4H3,(H,19,20)/b8-6+,10-7+,15-9+,16-11+,18-12?. The number of hydrogen-bond acceptors (Lipinski definition) is 2. The van der Waals surface area contributed by atoms with Gasteiger partial charge in [0.1, 0.15) is 6.54 Å². The van der Waals surface area contributed by atoms with Crippen LogP contribution in [0.15, 0.2) is 77.4 Å². The van der Waals surface area contributed by atoms with Gasteiger partial charge in [0.05, 0.1) is 0 Å². The summed E-state index contributed by atoms with van der Waals surface area (Å²) in [6.45, 7) is 11.0. The SMILES string of the molecule is C=CC(=C)/C=C/C=C(C)/C=C/C=C(\C)C=NCC(=O)O. The highest BCUT2D eigenvalue weighted by Crippen LogP contribution is 2.00. The maximum Gasteiger partial charge on any atom is 0.325 e. The van der Waals surface area contributed by atoms with E-state index in [4.69, 9.17) is 5.11 Å². The molecule has 1 N–H and O–H groups in total. The van der Waals surface area contributed by atoms with Gasteiger partial charge in [-0.15, -0.1) is 0 Å². The summed E-state index contributed by atoms with van der Waals surface area (Å²) in [5.74, 6) is -0.934. The summed E-state index contributed by atoms with van der Waals surface area (Å²) < 4.78 is 0. The Kier molecular flexibility index (Phi) is 9.23. The molecule has 0 aliphatic rings. The Hall–Kier alpha value is -2.42. The first-order valence-electron chi connectivity index (χ1n) is 6.18. The molecule has 0 saturated carbocycles. The van der Waals surface area contributed by atoms with Gasteiger partial charge in [-0.25, -0.2) is 0 Å². The molecule has 0 aromatic heterocycles. The number of carbonyl (C=O) groups is 1. The van der Waals surface area contributed by atoms with Gasteiger partial charge in [-0.05, 0) is 25.0 Å². The van der Waals surface area contributed by atoms with Gasteiger partial charge >= 0.3 is 5.97 Å². The quantitative estimate of drug-likeness (QED) is 0.538. The minimum absolute atomic E-state index is 0.203. The third-order valence-electron chi connectivity index (χ3n) is 2.17. The summed E-state index contributed by atoms with van der Waals surface area (Å²) in [6, 6.07) is 0. The highest BCUT2D eigenvalue weighted by molar-refractivity contribution is 5.80. The summed E-state index contributed by atoms with van der Waals surface area (Å²) in [5, 5.41) is 8.44. The monoisotopic (exact) mass is 271 g/mol. The van der Waals surface area contributed by atoms with Crippen molar-refractivity contribution in [3.05, 3.63) is 72.4 Å². The largest absolute Gasteiger partial charge is 0.480 e. The lowest BCUT2D eigenvalue weighted by Gasteiger charge is -1.90. The van der Waals surface area contributed by atoms with Crippen LogP contribution >= 0.6 is 0 Å². The van der Waals surface area contributed by atoms with Gasteiger partial charge in [0.15, 0.2) is 0 Å². The van der Waals surface area contributed by atoms with Gasteiger partial charge < -0.3 is 5.11 Å². The lowest BCUT2D eigenvalue weighted by atomic mass is 10.2. The van der Waals surface area contributed by atoms with Crippen LogP contribution < -0.4 is 0 Å². The van der Waals surface area contributed by atoms with Crippen LogP contribution in [0.4, 0.5) is 0 Å². The second kappa shape index (κ2) is 10.5. The van der Waals surface area contributed by atoms with E-state index < -0.39 is 5.97 Å². The van der Waals surface area contributed by atoms with E-state index in [9.17, 15) is 4.79 Å². The predicted octanol–water partition coefficient (Wildman–Crippen LogP) is 3.89. The molecule has 3 nitrogen and oxygen atoms in total. The topological polar surface area (TPSA) is 49.7 Å². The van der Waals surface area contributed by atoms with Gasteiger partial charge in [0.25, 0.3) is 0 Å².